The van der Waals surface area contributed by atoms with Gasteiger partial charge in [-0.1, -0.05) is 84.9 Å². The predicted molar refractivity (Wildman–Crippen MR) is 143 cm³/mol. The first kappa shape index (κ1) is 26.5. The van der Waals surface area contributed by atoms with Gasteiger partial charge in [0.05, 0.1) is 6.42 Å². The number of hydrogen-bond acceptors (Lipinski definition) is 5. The number of carboxylic acid groups (broad SMARTS) is 2. The zero-order chi connectivity index (χ0) is 26.0. The zero-order valence-corrected chi connectivity index (χ0v) is 21.1. The van der Waals surface area contributed by atoms with E-state index in [1.165, 1.54) is 5.56 Å². The van der Waals surface area contributed by atoms with E-state index < -0.39 is 18.0 Å². The van der Waals surface area contributed by atoms with Gasteiger partial charge in [-0.05, 0) is 22.3 Å². The second kappa shape index (κ2) is 13.1. The molecule has 194 valence electrons. The minimum atomic E-state index is -0.835. The normalized spacial score (nSPS) is 16.9. The quantitative estimate of drug-likeness (QED) is 0.462. The van der Waals surface area contributed by atoms with Crippen molar-refractivity contribution in [2.24, 2.45) is 0 Å². The van der Waals surface area contributed by atoms with Gasteiger partial charge >= 0.3 is 11.9 Å². The number of benzene rings is 3. The van der Waals surface area contributed by atoms with Gasteiger partial charge in [-0.25, -0.2) is 0 Å². The monoisotopic (exact) mass is 501 g/mol. The summed E-state index contributed by atoms with van der Waals surface area (Å²) in [4.78, 5) is 30.3. The molecule has 0 amide bonds. The van der Waals surface area contributed by atoms with Gasteiger partial charge in [-0.15, -0.1) is 0 Å². The van der Waals surface area contributed by atoms with E-state index in [1.54, 1.807) is 0 Å². The lowest BCUT2D eigenvalue weighted by molar-refractivity contribution is -0.144. The Hall–Kier alpha value is -3.52. The first-order chi connectivity index (χ1) is 18.0. The Labute approximate surface area is 218 Å². The Morgan fingerprint density at radius 1 is 0.622 bits per heavy atom. The van der Waals surface area contributed by atoms with Crippen molar-refractivity contribution in [1.82, 2.24) is 14.7 Å². The summed E-state index contributed by atoms with van der Waals surface area (Å²) in [6, 6.07) is 26.9. The van der Waals surface area contributed by atoms with Crippen molar-refractivity contribution in [2.75, 3.05) is 39.3 Å². The highest BCUT2D eigenvalue weighted by Crippen LogP contribution is 2.22. The van der Waals surface area contributed by atoms with E-state index in [1.807, 2.05) is 72.8 Å². The third-order valence-corrected chi connectivity index (χ3v) is 6.89. The number of hydrogen-bond donors (Lipinski definition) is 2. The third kappa shape index (κ3) is 7.98. The highest BCUT2D eigenvalue weighted by Gasteiger charge is 2.29. The first-order valence-electron chi connectivity index (χ1n) is 12.8. The molecule has 1 aliphatic heterocycles. The highest BCUT2D eigenvalue weighted by molar-refractivity contribution is 5.75. The molecule has 0 bridgehead atoms. The molecule has 0 aromatic heterocycles. The molecule has 1 atom stereocenters. The molecule has 0 radical (unpaired) electrons. The molecule has 7 nitrogen and oxygen atoms in total. The highest BCUT2D eigenvalue weighted by atomic mass is 16.4. The Bertz CT molecular complexity index is 1140. The van der Waals surface area contributed by atoms with Gasteiger partial charge < -0.3 is 10.2 Å². The SMILES string of the molecule is O=C(O)Cc1ccc(CN2CCN(Cc3ccccc3)CCN(C(C(=O)O)c3ccccc3)CC2)cc1. The van der Waals surface area contributed by atoms with Crippen LogP contribution < -0.4 is 0 Å². The van der Waals surface area contributed by atoms with Gasteiger partial charge in [-0.2, -0.15) is 0 Å². The molecular formula is C30H35N3O4. The molecule has 0 saturated carbocycles. The molecule has 2 N–H and O–H groups in total. The number of carbonyl (C=O) groups is 2. The Kier molecular flexibility index (Phi) is 9.43. The van der Waals surface area contributed by atoms with Crippen LogP contribution in [0.5, 0.6) is 0 Å². The average molecular weight is 502 g/mol. The molecule has 3 aromatic carbocycles. The topological polar surface area (TPSA) is 84.3 Å². The fourth-order valence-electron chi connectivity index (χ4n) is 4.91. The number of nitrogens with zero attached hydrogens (tertiary/aromatic N) is 3. The van der Waals surface area contributed by atoms with Crippen LogP contribution >= 0.6 is 0 Å². The second-order valence-corrected chi connectivity index (χ2v) is 9.61. The minimum absolute atomic E-state index is 0.0173. The summed E-state index contributed by atoms with van der Waals surface area (Å²) in [5.74, 6) is -1.67. The van der Waals surface area contributed by atoms with Gasteiger partial charge in [-0.3, -0.25) is 24.3 Å². The van der Waals surface area contributed by atoms with Crippen molar-refractivity contribution in [3.63, 3.8) is 0 Å². The number of aliphatic carboxylic acids is 2. The van der Waals surface area contributed by atoms with E-state index in [-0.39, 0.29) is 6.42 Å². The summed E-state index contributed by atoms with van der Waals surface area (Å²) in [5, 5.41) is 19.2. The summed E-state index contributed by atoms with van der Waals surface area (Å²) in [5.41, 5.74) is 3.94. The summed E-state index contributed by atoms with van der Waals surface area (Å²) in [6.45, 7) is 6.11. The van der Waals surface area contributed by atoms with Crippen LogP contribution in [-0.4, -0.2) is 76.1 Å². The Morgan fingerprint density at radius 2 is 1.08 bits per heavy atom. The molecule has 1 saturated heterocycles. The van der Waals surface area contributed by atoms with Gasteiger partial charge in [0.1, 0.15) is 6.04 Å². The molecule has 0 spiro atoms. The molecular weight excluding hydrogens is 466 g/mol. The number of rotatable bonds is 9. The molecule has 1 unspecified atom stereocenters. The van der Waals surface area contributed by atoms with Crippen LogP contribution in [0.15, 0.2) is 84.9 Å². The van der Waals surface area contributed by atoms with E-state index in [9.17, 15) is 14.7 Å². The largest absolute Gasteiger partial charge is 0.481 e. The summed E-state index contributed by atoms with van der Waals surface area (Å²) < 4.78 is 0. The summed E-state index contributed by atoms with van der Waals surface area (Å²) >= 11 is 0. The van der Waals surface area contributed by atoms with Crippen LogP contribution in [-0.2, 0) is 29.1 Å². The van der Waals surface area contributed by atoms with Crippen LogP contribution in [0.1, 0.15) is 28.3 Å². The summed E-state index contributed by atoms with van der Waals surface area (Å²) in [6.07, 6.45) is 0.0173. The van der Waals surface area contributed by atoms with Gasteiger partial charge in [0, 0.05) is 52.4 Å². The van der Waals surface area contributed by atoms with Gasteiger partial charge in [0.25, 0.3) is 0 Å². The van der Waals surface area contributed by atoms with Crippen LogP contribution in [0.3, 0.4) is 0 Å². The van der Waals surface area contributed by atoms with Crippen LogP contribution in [0, 0.1) is 0 Å². The van der Waals surface area contributed by atoms with Crippen molar-refractivity contribution in [3.8, 4) is 0 Å². The third-order valence-electron chi connectivity index (χ3n) is 6.89. The van der Waals surface area contributed by atoms with E-state index in [0.29, 0.717) is 13.1 Å². The van der Waals surface area contributed by atoms with Crippen molar-refractivity contribution < 1.29 is 19.8 Å². The van der Waals surface area contributed by atoms with Gasteiger partial charge in [0.2, 0.25) is 0 Å². The fourth-order valence-corrected chi connectivity index (χ4v) is 4.91. The lowest BCUT2D eigenvalue weighted by Crippen LogP contribution is -2.41. The lowest BCUT2D eigenvalue weighted by atomic mass is 10.1. The Balaban J connectivity index is 1.53. The first-order valence-corrected chi connectivity index (χ1v) is 12.8. The molecule has 1 fully saturated rings. The lowest BCUT2D eigenvalue weighted by Gasteiger charge is -2.31. The standard InChI is InChI=1S/C30H35N3O4/c34-28(35)21-24-11-13-26(14-12-24)23-32-16-15-31(22-25-7-3-1-4-8-25)17-19-33(20-18-32)29(30(36)37)27-9-5-2-6-10-27/h1-14,29H,15-23H2,(H,34,35)(H,36,37). The maximum absolute atomic E-state index is 12.4. The maximum Gasteiger partial charge on any atom is 0.325 e. The molecule has 37 heavy (non-hydrogen) atoms. The van der Waals surface area contributed by atoms with Crippen molar-refractivity contribution in [3.05, 3.63) is 107 Å². The summed E-state index contributed by atoms with van der Waals surface area (Å²) in [7, 11) is 0. The number of carboxylic acids is 2. The van der Waals surface area contributed by atoms with Crippen molar-refractivity contribution in [1.29, 1.82) is 0 Å². The maximum atomic E-state index is 12.4. The van der Waals surface area contributed by atoms with Crippen LogP contribution in [0.4, 0.5) is 0 Å². The smallest absolute Gasteiger partial charge is 0.325 e. The predicted octanol–water partition coefficient (Wildman–Crippen LogP) is 3.76. The van der Waals surface area contributed by atoms with E-state index in [2.05, 4.69) is 26.8 Å². The van der Waals surface area contributed by atoms with Gasteiger partial charge in [0.15, 0.2) is 0 Å². The molecule has 3 aromatic rings. The molecule has 1 aliphatic rings. The average Bonchev–Trinajstić information content (AvgIpc) is 2.98. The van der Waals surface area contributed by atoms with Crippen LogP contribution in [0.2, 0.25) is 0 Å². The van der Waals surface area contributed by atoms with Crippen molar-refractivity contribution >= 4 is 11.9 Å². The fraction of sp³-hybridized carbons (Fsp3) is 0.333. The Morgan fingerprint density at radius 3 is 1.59 bits per heavy atom. The molecule has 0 aliphatic carbocycles. The minimum Gasteiger partial charge on any atom is -0.481 e. The molecule has 1 heterocycles. The molecule has 7 heteroatoms. The van der Waals surface area contributed by atoms with E-state index >= 15 is 0 Å². The van der Waals surface area contributed by atoms with Crippen LogP contribution in [0.25, 0.3) is 0 Å². The zero-order valence-electron chi connectivity index (χ0n) is 21.1. The second-order valence-electron chi connectivity index (χ2n) is 9.61. The van der Waals surface area contributed by atoms with Crippen molar-refractivity contribution in [2.45, 2.75) is 25.6 Å². The molecule has 4 rings (SSSR count). The van der Waals surface area contributed by atoms with E-state index in [4.69, 9.17) is 5.11 Å². The van der Waals surface area contributed by atoms with E-state index in [0.717, 1.165) is 56.0 Å².